The lowest BCUT2D eigenvalue weighted by atomic mass is 9.88. The van der Waals surface area contributed by atoms with E-state index in [-0.39, 0.29) is 0 Å². The zero-order chi connectivity index (χ0) is 14.6. The van der Waals surface area contributed by atoms with Gasteiger partial charge in [0.15, 0.2) is 0 Å². The van der Waals surface area contributed by atoms with Crippen LogP contribution in [0, 0.1) is 0 Å². The number of nitrogens with two attached hydrogens (primary N) is 1. The summed E-state index contributed by atoms with van der Waals surface area (Å²) in [7, 11) is 0. The van der Waals surface area contributed by atoms with Crippen molar-refractivity contribution in [1.29, 1.82) is 0 Å². The monoisotopic (exact) mass is 328 g/mol. The molecule has 1 aliphatic rings. The molecule has 20 heavy (non-hydrogen) atoms. The van der Waals surface area contributed by atoms with Crippen molar-refractivity contribution in [2.45, 2.75) is 36.9 Å². The first-order valence-corrected chi connectivity index (χ1v) is 8.96. The molecule has 1 fully saturated rings. The van der Waals surface area contributed by atoms with Crippen LogP contribution < -0.4 is 11.1 Å². The van der Waals surface area contributed by atoms with Gasteiger partial charge in [-0.05, 0) is 37.3 Å². The van der Waals surface area contributed by atoms with Crippen LogP contribution >= 0.6 is 35.6 Å². The third-order valence-corrected chi connectivity index (χ3v) is 6.02. The molecule has 2 nitrogen and oxygen atoms in total. The van der Waals surface area contributed by atoms with Gasteiger partial charge < -0.3 is 11.1 Å². The van der Waals surface area contributed by atoms with Crippen molar-refractivity contribution >= 4 is 46.3 Å². The Balaban J connectivity index is 2.04. The van der Waals surface area contributed by atoms with Gasteiger partial charge in [-0.25, -0.2) is 0 Å². The highest BCUT2D eigenvalue weighted by atomic mass is 35.5. The number of thioether (sulfide) groups is 1. The first kappa shape index (κ1) is 15.9. The molecular formula is C15H21ClN2S2. The molecule has 2 rings (SSSR count). The molecule has 0 unspecified atom stereocenters. The fourth-order valence-electron chi connectivity index (χ4n) is 2.72. The minimum absolute atomic E-state index is 0.351. The Morgan fingerprint density at radius 2 is 2.10 bits per heavy atom. The second-order valence-corrected chi connectivity index (χ2v) is 7.48. The standard InChI is InChI=1S/C15H21ClN2S2/c1-20-15(7-3-2-4-8-15)10-18-13-6-5-11(14(17)19)9-12(13)16/h5-6,9,18H,2-4,7-8,10H2,1H3,(H2,17,19). The molecule has 1 saturated carbocycles. The molecule has 0 radical (unpaired) electrons. The lowest BCUT2D eigenvalue weighted by Crippen LogP contribution is -2.35. The van der Waals surface area contributed by atoms with Gasteiger partial charge in [0, 0.05) is 16.9 Å². The van der Waals surface area contributed by atoms with E-state index in [1.54, 1.807) is 0 Å². The third-order valence-electron chi connectivity index (χ3n) is 4.05. The molecule has 3 N–H and O–H groups in total. The highest BCUT2D eigenvalue weighted by Crippen LogP contribution is 2.39. The second kappa shape index (κ2) is 7.01. The van der Waals surface area contributed by atoms with Crippen LogP contribution in [-0.4, -0.2) is 22.5 Å². The summed E-state index contributed by atoms with van der Waals surface area (Å²) in [6, 6.07) is 5.72. The van der Waals surface area contributed by atoms with Crippen LogP contribution in [0.2, 0.25) is 5.02 Å². The van der Waals surface area contributed by atoms with Gasteiger partial charge in [-0.2, -0.15) is 11.8 Å². The maximum Gasteiger partial charge on any atom is 0.104 e. The summed E-state index contributed by atoms with van der Waals surface area (Å²) in [6.07, 6.45) is 8.80. The van der Waals surface area contributed by atoms with Gasteiger partial charge in [-0.3, -0.25) is 0 Å². The molecule has 0 amide bonds. The second-order valence-electron chi connectivity index (χ2n) is 5.36. The van der Waals surface area contributed by atoms with Crippen molar-refractivity contribution in [1.82, 2.24) is 0 Å². The van der Waals surface area contributed by atoms with E-state index in [1.165, 1.54) is 32.1 Å². The summed E-state index contributed by atoms with van der Waals surface area (Å²) in [5.74, 6) is 0. The molecule has 0 spiro atoms. The number of halogens is 1. The van der Waals surface area contributed by atoms with Crippen LogP contribution in [0.4, 0.5) is 5.69 Å². The largest absolute Gasteiger partial charge is 0.389 e. The molecule has 0 bridgehead atoms. The third kappa shape index (κ3) is 3.80. The summed E-state index contributed by atoms with van der Waals surface area (Å²) in [6.45, 7) is 0.959. The molecule has 1 aromatic rings. The van der Waals surface area contributed by atoms with E-state index in [0.717, 1.165) is 17.8 Å². The lowest BCUT2D eigenvalue weighted by molar-refractivity contribution is 0.411. The SMILES string of the molecule is CSC1(CNc2ccc(C(N)=S)cc2Cl)CCCCC1. The van der Waals surface area contributed by atoms with Gasteiger partial charge in [0.1, 0.15) is 4.99 Å². The Kier molecular flexibility index (Phi) is 5.58. The summed E-state index contributed by atoms with van der Waals surface area (Å²) in [5.41, 5.74) is 7.39. The summed E-state index contributed by atoms with van der Waals surface area (Å²) in [5, 5.41) is 4.19. The predicted molar refractivity (Wildman–Crippen MR) is 95.2 cm³/mol. The van der Waals surface area contributed by atoms with Gasteiger partial charge in [-0.15, -0.1) is 0 Å². The lowest BCUT2D eigenvalue weighted by Gasteiger charge is -2.36. The fourth-order valence-corrected chi connectivity index (χ4v) is 4.00. The fraction of sp³-hybridized carbons (Fsp3) is 0.533. The zero-order valence-corrected chi connectivity index (χ0v) is 14.1. The van der Waals surface area contributed by atoms with Crippen molar-refractivity contribution in [2.75, 3.05) is 18.1 Å². The highest BCUT2D eigenvalue weighted by Gasteiger charge is 2.30. The van der Waals surface area contributed by atoms with E-state index in [0.29, 0.717) is 14.8 Å². The maximum absolute atomic E-state index is 6.30. The summed E-state index contributed by atoms with van der Waals surface area (Å²) >= 11 is 13.2. The molecule has 0 saturated heterocycles. The smallest absolute Gasteiger partial charge is 0.104 e. The Bertz CT molecular complexity index is 485. The van der Waals surface area contributed by atoms with E-state index in [2.05, 4.69) is 11.6 Å². The maximum atomic E-state index is 6.30. The molecule has 1 aliphatic carbocycles. The van der Waals surface area contributed by atoms with E-state index in [1.807, 2.05) is 30.0 Å². The average molecular weight is 329 g/mol. The molecular weight excluding hydrogens is 308 g/mol. The van der Waals surface area contributed by atoms with Gasteiger partial charge >= 0.3 is 0 Å². The number of benzene rings is 1. The molecule has 5 heteroatoms. The molecule has 0 heterocycles. The van der Waals surface area contributed by atoms with E-state index >= 15 is 0 Å². The van der Waals surface area contributed by atoms with Crippen molar-refractivity contribution in [2.24, 2.45) is 5.73 Å². The predicted octanol–water partition coefficient (Wildman–Crippen LogP) is 4.45. The number of hydrogen-bond acceptors (Lipinski definition) is 3. The van der Waals surface area contributed by atoms with Crippen LogP contribution in [0.25, 0.3) is 0 Å². The first-order valence-electron chi connectivity index (χ1n) is 6.95. The Morgan fingerprint density at radius 1 is 1.40 bits per heavy atom. The van der Waals surface area contributed by atoms with E-state index in [9.17, 15) is 0 Å². The van der Waals surface area contributed by atoms with Crippen molar-refractivity contribution in [3.05, 3.63) is 28.8 Å². The first-order chi connectivity index (χ1) is 9.56. The molecule has 0 atom stereocenters. The summed E-state index contributed by atoms with van der Waals surface area (Å²) in [4.78, 5) is 0.381. The van der Waals surface area contributed by atoms with Crippen LogP contribution in [0.3, 0.4) is 0 Å². The van der Waals surface area contributed by atoms with Crippen molar-refractivity contribution in [3.63, 3.8) is 0 Å². The molecule has 1 aromatic carbocycles. The van der Waals surface area contributed by atoms with Gasteiger partial charge in [0.2, 0.25) is 0 Å². The van der Waals surface area contributed by atoms with E-state index < -0.39 is 0 Å². The van der Waals surface area contributed by atoms with Crippen LogP contribution in [0.15, 0.2) is 18.2 Å². The highest BCUT2D eigenvalue weighted by molar-refractivity contribution is 8.00. The average Bonchev–Trinajstić information content (AvgIpc) is 2.47. The minimum atomic E-state index is 0.351. The van der Waals surface area contributed by atoms with Crippen molar-refractivity contribution < 1.29 is 0 Å². The topological polar surface area (TPSA) is 38.0 Å². The minimum Gasteiger partial charge on any atom is -0.389 e. The Hall–Kier alpha value is -0.450. The van der Waals surface area contributed by atoms with Crippen LogP contribution in [-0.2, 0) is 0 Å². The van der Waals surface area contributed by atoms with Crippen molar-refractivity contribution in [3.8, 4) is 0 Å². The zero-order valence-electron chi connectivity index (χ0n) is 11.7. The molecule has 110 valence electrons. The quantitative estimate of drug-likeness (QED) is 0.783. The van der Waals surface area contributed by atoms with Gasteiger partial charge in [0.05, 0.1) is 10.7 Å². The molecule has 0 aliphatic heterocycles. The summed E-state index contributed by atoms with van der Waals surface area (Å²) < 4.78 is 0.351. The van der Waals surface area contributed by atoms with Gasteiger partial charge in [0.25, 0.3) is 0 Å². The van der Waals surface area contributed by atoms with E-state index in [4.69, 9.17) is 29.6 Å². The van der Waals surface area contributed by atoms with Crippen LogP contribution in [0.5, 0.6) is 0 Å². The normalized spacial score (nSPS) is 17.7. The number of nitrogens with one attached hydrogen (secondary N) is 1. The number of anilines is 1. The Labute approximate surface area is 135 Å². The van der Waals surface area contributed by atoms with Crippen LogP contribution in [0.1, 0.15) is 37.7 Å². The van der Waals surface area contributed by atoms with Gasteiger partial charge in [-0.1, -0.05) is 43.1 Å². The number of thiocarbonyl (C=S) groups is 1. The number of hydrogen-bond donors (Lipinski definition) is 2. The number of rotatable bonds is 5. The Morgan fingerprint density at radius 3 is 2.65 bits per heavy atom. The molecule has 0 aromatic heterocycles.